The van der Waals surface area contributed by atoms with Gasteiger partial charge in [0, 0.05) is 10.4 Å². The maximum atomic E-state index is 12.0. The number of halogens is 1. The minimum atomic E-state index is -0.487. The predicted molar refractivity (Wildman–Crippen MR) is 104 cm³/mol. The van der Waals surface area contributed by atoms with Crippen molar-refractivity contribution >= 4 is 46.5 Å². The fourth-order valence-corrected chi connectivity index (χ4v) is 3.33. The van der Waals surface area contributed by atoms with Gasteiger partial charge in [0.2, 0.25) is 5.91 Å². The van der Waals surface area contributed by atoms with Crippen molar-refractivity contribution in [2.24, 2.45) is 5.73 Å². The van der Waals surface area contributed by atoms with E-state index in [9.17, 15) is 4.79 Å². The number of hydrogen-bond acceptors (Lipinski definition) is 5. The number of thiazole rings is 1. The number of aryl methyl sites for hydroxylation is 2. The van der Waals surface area contributed by atoms with E-state index in [1.165, 1.54) is 16.9 Å². The van der Waals surface area contributed by atoms with Crippen LogP contribution in [0.5, 0.6) is 0 Å². The first-order valence-corrected chi connectivity index (χ1v) is 9.32. The van der Waals surface area contributed by atoms with Crippen molar-refractivity contribution in [3.63, 3.8) is 0 Å². The summed E-state index contributed by atoms with van der Waals surface area (Å²) in [5, 5.41) is 3.44. The van der Waals surface area contributed by atoms with E-state index in [-0.39, 0.29) is 18.3 Å². The van der Waals surface area contributed by atoms with E-state index >= 15 is 0 Å². The number of amides is 1. The molecule has 1 aromatic carbocycles. The van der Waals surface area contributed by atoms with Crippen molar-refractivity contribution in [3.05, 3.63) is 34.7 Å². The number of aromatic nitrogens is 1. The largest absolute Gasteiger partial charge is 0.320 e. The topological polar surface area (TPSA) is 68.0 Å². The Morgan fingerprint density at radius 2 is 2.00 bits per heavy atom. The predicted octanol–water partition coefficient (Wildman–Crippen LogP) is 3.87. The molecule has 2 aromatic rings. The monoisotopic (exact) mass is 371 g/mol. The minimum absolute atomic E-state index is 0. The number of anilines is 1. The Morgan fingerprint density at radius 1 is 1.35 bits per heavy atom. The van der Waals surface area contributed by atoms with Crippen LogP contribution < -0.4 is 11.1 Å². The molecule has 1 atom stereocenters. The normalized spacial score (nSPS) is 11.7. The molecule has 0 aliphatic rings. The lowest BCUT2D eigenvalue weighted by Crippen LogP contribution is -2.36. The lowest BCUT2D eigenvalue weighted by atomic mass is 10.1. The molecule has 0 bridgehead atoms. The summed E-state index contributed by atoms with van der Waals surface area (Å²) in [7, 11) is 0. The summed E-state index contributed by atoms with van der Waals surface area (Å²) in [6, 6.07) is 7.73. The lowest BCUT2D eigenvalue weighted by molar-refractivity contribution is -0.117. The highest BCUT2D eigenvalue weighted by molar-refractivity contribution is 7.98. The molecule has 0 saturated heterocycles. The van der Waals surface area contributed by atoms with Gasteiger partial charge in [0.25, 0.3) is 0 Å². The lowest BCUT2D eigenvalue weighted by Gasteiger charge is -2.09. The van der Waals surface area contributed by atoms with Gasteiger partial charge in [-0.2, -0.15) is 11.8 Å². The van der Waals surface area contributed by atoms with E-state index in [0.29, 0.717) is 11.6 Å². The molecule has 2 rings (SSSR count). The van der Waals surface area contributed by atoms with Gasteiger partial charge in [-0.25, -0.2) is 4.98 Å². The number of rotatable bonds is 6. The van der Waals surface area contributed by atoms with Crippen LogP contribution in [0.3, 0.4) is 0 Å². The molecule has 126 valence electrons. The van der Waals surface area contributed by atoms with Crippen LogP contribution in [0.2, 0.25) is 0 Å². The Balaban J connectivity index is 0.00000264. The Hall–Kier alpha value is -1.08. The molecule has 4 nitrogen and oxygen atoms in total. The summed E-state index contributed by atoms with van der Waals surface area (Å²) >= 11 is 3.16. The number of thioether (sulfide) groups is 1. The maximum absolute atomic E-state index is 12.0. The number of benzene rings is 1. The number of hydrogen-bond donors (Lipinski definition) is 2. The molecule has 7 heteroatoms. The van der Waals surface area contributed by atoms with Gasteiger partial charge in [-0.15, -0.1) is 23.7 Å². The van der Waals surface area contributed by atoms with Gasteiger partial charge in [0.05, 0.1) is 11.7 Å². The molecule has 1 amide bonds. The molecule has 0 saturated carbocycles. The zero-order valence-electron chi connectivity index (χ0n) is 13.5. The number of nitrogens with two attached hydrogens (primary N) is 1. The van der Waals surface area contributed by atoms with Gasteiger partial charge in [0.1, 0.15) is 0 Å². The first-order chi connectivity index (χ1) is 10.5. The second-order valence-corrected chi connectivity index (χ2v) is 7.36. The number of nitrogens with one attached hydrogen (secondary N) is 1. The SMILES string of the molecule is CSCC[C@H](N)C(=O)Nc1nc(-c2ccc(C)cc2)c(C)s1.Cl. The summed E-state index contributed by atoms with van der Waals surface area (Å²) < 4.78 is 0. The Bertz CT molecular complexity index is 643. The summed E-state index contributed by atoms with van der Waals surface area (Å²) in [5.41, 5.74) is 9.06. The average molecular weight is 372 g/mol. The molecule has 1 heterocycles. The van der Waals surface area contributed by atoms with Gasteiger partial charge < -0.3 is 11.1 Å². The molecule has 1 aromatic heterocycles. The highest BCUT2D eigenvalue weighted by Gasteiger charge is 2.16. The Kier molecular flexibility index (Phi) is 8.05. The molecule has 0 radical (unpaired) electrons. The third kappa shape index (κ3) is 5.49. The van der Waals surface area contributed by atoms with Gasteiger partial charge in [-0.3, -0.25) is 4.79 Å². The van der Waals surface area contributed by atoms with Crippen LogP contribution in [-0.2, 0) is 4.79 Å². The molecule has 0 spiro atoms. The number of carbonyl (C=O) groups excluding carboxylic acids is 1. The molecule has 23 heavy (non-hydrogen) atoms. The molecule has 0 unspecified atom stereocenters. The zero-order valence-corrected chi connectivity index (χ0v) is 15.9. The second kappa shape index (κ2) is 9.27. The number of nitrogens with zero attached hydrogens (tertiary/aromatic N) is 1. The van der Waals surface area contributed by atoms with Crippen molar-refractivity contribution in [1.29, 1.82) is 0 Å². The van der Waals surface area contributed by atoms with E-state index in [1.54, 1.807) is 11.8 Å². The fourth-order valence-electron chi connectivity index (χ4n) is 2.00. The summed E-state index contributed by atoms with van der Waals surface area (Å²) in [4.78, 5) is 17.7. The maximum Gasteiger partial charge on any atom is 0.243 e. The average Bonchev–Trinajstić information content (AvgIpc) is 2.86. The van der Waals surface area contributed by atoms with Crippen molar-refractivity contribution in [2.75, 3.05) is 17.3 Å². The highest BCUT2D eigenvalue weighted by Crippen LogP contribution is 2.30. The van der Waals surface area contributed by atoms with E-state index in [1.807, 2.05) is 25.3 Å². The first kappa shape index (κ1) is 20.0. The van der Waals surface area contributed by atoms with Gasteiger partial charge >= 0.3 is 0 Å². The standard InChI is InChI=1S/C16H21N3OS2.ClH/c1-10-4-6-12(7-5-10)14-11(2)22-16(18-14)19-15(20)13(17)8-9-21-3;/h4-7,13H,8-9,17H2,1-3H3,(H,18,19,20);1H/t13-;/m0./s1. The van der Waals surface area contributed by atoms with Crippen LogP contribution in [-0.4, -0.2) is 28.9 Å². The fraction of sp³-hybridized carbons (Fsp3) is 0.375. The van der Waals surface area contributed by atoms with E-state index < -0.39 is 6.04 Å². The number of carbonyl (C=O) groups is 1. The Morgan fingerprint density at radius 3 is 2.61 bits per heavy atom. The van der Waals surface area contributed by atoms with Crippen LogP contribution in [0.4, 0.5) is 5.13 Å². The minimum Gasteiger partial charge on any atom is -0.320 e. The van der Waals surface area contributed by atoms with Crippen molar-refractivity contribution < 1.29 is 4.79 Å². The molecular weight excluding hydrogens is 350 g/mol. The second-order valence-electron chi connectivity index (χ2n) is 5.17. The van der Waals surface area contributed by atoms with Crippen LogP contribution in [0.1, 0.15) is 16.9 Å². The Labute approximate surface area is 151 Å². The van der Waals surface area contributed by atoms with Crippen LogP contribution in [0.25, 0.3) is 11.3 Å². The van der Waals surface area contributed by atoms with Gasteiger partial charge in [0.15, 0.2) is 5.13 Å². The quantitative estimate of drug-likeness (QED) is 0.808. The van der Waals surface area contributed by atoms with Crippen LogP contribution in [0.15, 0.2) is 24.3 Å². The smallest absolute Gasteiger partial charge is 0.243 e. The molecule has 0 fully saturated rings. The van der Waals surface area contributed by atoms with Gasteiger partial charge in [-0.05, 0) is 32.3 Å². The van der Waals surface area contributed by atoms with Gasteiger partial charge in [-0.1, -0.05) is 29.8 Å². The highest BCUT2D eigenvalue weighted by atomic mass is 35.5. The first-order valence-electron chi connectivity index (χ1n) is 7.11. The summed E-state index contributed by atoms with van der Waals surface area (Å²) in [6.45, 7) is 4.06. The van der Waals surface area contributed by atoms with E-state index in [4.69, 9.17) is 5.73 Å². The third-order valence-corrected chi connectivity index (χ3v) is 4.85. The van der Waals surface area contributed by atoms with E-state index in [2.05, 4.69) is 29.4 Å². The molecule has 0 aliphatic heterocycles. The molecule has 0 aliphatic carbocycles. The van der Waals surface area contributed by atoms with E-state index in [0.717, 1.165) is 21.9 Å². The summed E-state index contributed by atoms with van der Waals surface area (Å²) in [6.07, 6.45) is 2.67. The molecule has 3 N–H and O–H groups in total. The van der Waals surface area contributed by atoms with Crippen LogP contribution in [0, 0.1) is 13.8 Å². The zero-order chi connectivity index (χ0) is 16.1. The van der Waals surface area contributed by atoms with Crippen molar-refractivity contribution in [3.8, 4) is 11.3 Å². The van der Waals surface area contributed by atoms with Crippen molar-refractivity contribution in [1.82, 2.24) is 4.98 Å². The molecular formula is C16H22ClN3OS2. The summed E-state index contributed by atoms with van der Waals surface area (Å²) in [5.74, 6) is 0.707. The van der Waals surface area contributed by atoms with Crippen molar-refractivity contribution in [2.45, 2.75) is 26.3 Å². The van der Waals surface area contributed by atoms with Crippen LogP contribution >= 0.6 is 35.5 Å². The third-order valence-electron chi connectivity index (χ3n) is 3.32.